The van der Waals surface area contributed by atoms with Crippen molar-refractivity contribution in [3.05, 3.63) is 23.9 Å². The highest BCUT2D eigenvalue weighted by molar-refractivity contribution is 5.40. The Labute approximate surface area is 109 Å². The fourth-order valence-electron chi connectivity index (χ4n) is 2.46. The molecule has 4 heteroatoms. The van der Waals surface area contributed by atoms with E-state index in [1.807, 2.05) is 32.2 Å². The van der Waals surface area contributed by atoms with E-state index in [-0.39, 0.29) is 12.1 Å². The van der Waals surface area contributed by atoms with Gasteiger partial charge in [-0.15, -0.1) is 0 Å². The molecule has 1 aromatic heterocycles. The number of piperidine rings is 1. The molecule has 1 unspecified atom stereocenters. The third-order valence-corrected chi connectivity index (χ3v) is 3.84. The van der Waals surface area contributed by atoms with Crippen LogP contribution in [-0.2, 0) is 0 Å². The Morgan fingerprint density at radius 1 is 1.33 bits per heavy atom. The normalized spacial score (nSPS) is 20.8. The third-order valence-electron chi connectivity index (χ3n) is 3.84. The number of aliphatic hydroxyl groups excluding tert-OH is 1. The number of rotatable bonds is 3. The van der Waals surface area contributed by atoms with Gasteiger partial charge in [-0.3, -0.25) is 0 Å². The predicted octanol–water partition coefficient (Wildman–Crippen LogP) is 1.70. The van der Waals surface area contributed by atoms with Crippen LogP contribution in [0, 0.1) is 5.92 Å². The number of hydrogen-bond donors (Lipinski definition) is 2. The summed E-state index contributed by atoms with van der Waals surface area (Å²) >= 11 is 0. The molecular weight excluding hydrogens is 226 g/mol. The molecule has 1 aliphatic heterocycles. The molecule has 3 N–H and O–H groups in total. The van der Waals surface area contributed by atoms with Gasteiger partial charge >= 0.3 is 0 Å². The van der Waals surface area contributed by atoms with Gasteiger partial charge in [-0.25, -0.2) is 4.98 Å². The van der Waals surface area contributed by atoms with Crippen molar-refractivity contribution in [1.82, 2.24) is 4.98 Å². The second-order valence-corrected chi connectivity index (χ2v) is 5.30. The molecule has 0 spiro atoms. The number of nitrogens with two attached hydrogens (primary N) is 1. The molecule has 1 fully saturated rings. The molecule has 2 rings (SSSR count). The van der Waals surface area contributed by atoms with E-state index < -0.39 is 0 Å². The van der Waals surface area contributed by atoms with Crippen LogP contribution in [0.2, 0.25) is 0 Å². The monoisotopic (exact) mass is 249 g/mol. The van der Waals surface area contributed by atoms with Gasteiger partial charge in [0.2, 0.25) is 0 Å². The second-order valence-electron chi connectivity index (χ2n) is 5.30. The molecule has 1 saturated heterocycles. The Hall–Kier alpha value is -1.13. The van der Waals surface area contributed by atoms with Gasteiger partial charge in [0.15, 0.2) is 0 Å². The van der Waals surface area contributed by atoms with Crippen LogP contribution >= 0.6 is 0 Å². The van der Waals surface area contributed by atoms with Gasteiger partial charge in [0.05, 0.1) is 6.10 Å². The summed E-state index contributed by atoms with van der Waals surface area (Å²) in [5, 5.41) is 9.58. The maximum atomic E-state index is 9.58. The first-order valence-corrected chi connectivity index (χ1v) is 6.72. The van der Waals surface area contributed by atoms with Crippen molar-refractivity contribution in [2.24, 2.45) is 11.7 Å². The zero-order valence-electron chi connectivity index (χ0n) is 11.2. The standard InChI is InChI=1S/C14H23N3O/c1-10(15)13-3-4-14(16-9-13)17-7-5-12(6-8-17)11(2)18/h3-4,9-12,18H,5-8,15H2,1-2H3/t10-,11?/m1/s1. The Kier molecular flexibility index (Phi) is 4.19. The predicted molar refractivity (Wildman–Crippen MR) is 73.5 cm³/mol. The lowest BCUT2D eigenvalue weighted by molar-refractivity contribution is 0.110. The van der Waals surface area contributed by atoms with Crippen LogP contribution in [0.5, 0.6) is 0 Å². The van der Waals surface area contributed by atoms with Crippen LogP contribution in [-0.4, -0.2) is 29.3 Å². The summed E-state index contributed by atoms with van der Waals surface area (Å²) in [5.74, 6) is 1.45. The van der Waals surface area contributed by atoms with Gasteiger partial charge in [0, 0.05) is 25.3 Å². The van der Waals surface area contributed by atoms with Crippen molar-refractivity contribution >= 4 is 5.82 Å². The lowest BCUT2D eigenvalue weighted by atomic mass is 9.92. The first kappa shape index (κ1) is 13.3. The van der Waals surface area contributed by atoms with E-state index >= 15 is 0 Å². The van der Waals surface area contributed by atoms with E-state index in [0.29, 0.717) is 5.92 Å². The molecule has 1 aromatic rings. The van der Waals surface area contributed by atoms with Crippen molar-refractivity contribution in [1.29, 1.82) is 0 Å². The van der Waals surface area contributed by atoms with Crippen LogP contribution in [0.3, 0.4) is 0 Å². The summed E-state index contributed by atoms with van der Waals surface area (Å²) in [5.41, 5.74) is 6.88. The first-order chi connectivity index (χ1) is 8.58. The highest BCUT2D eigenvalue weighted by Gasteiger charge is 2.23. The van der Waals surface area contributed by atoms with Crippen molar-refractivity contribution < 1.29 is 5.11 Å². The van der Waals surface area contributed by atoms with Crippen molar-refractivity contribution in [2.45, 2.75) is 38.8 Å². The van der Waals surface area contributed by atoms with Crippen LogP contribution in [0.4, 0.5) is 5.82 Å². The fraction of sp³-hybridized carbons (Fsp3) is 0.643. The molecule has 0 aromatic carbocycles. The lowest BCUT2D eigenvalue weighted by Gasteiger charge is -2.34. The maximum Gasteiger partial charge on any atom is 0.128 e. The summed E-state index contributed by atoms with van der Waals surface area (Å²) < 4.78 is 0. The number of anilines is 1. The zero-order chi connectivity index (χ0) is 13.1. The first-order valence-electron chi connectivity index (χ1n) is 6.72. The lowest BCUT2D eigenvalue weighted by Crippen LogP contribution is -2.37. The Balaban J connectivity index is 1.97. The maximum absolute atomic E-state index is 9.58. The minimum atomic E-state index is -0.194. The van der Waals surface area contributed by atoms with Gasteiger partial charge in [-0.05, 0) is 44.2 Å². The van der Waals surface area contributed by atoms with Crippen molar-refractivity contribution in [2.75, 3.05) is 18.0 Å². The van der Waals surface area contributed by atoms with Gasteiger partial charge in [-0.2, -0.15) is 0 Å². The van der Waals surface area contributed by atoms with Crippen molar-refractivity contribution in [3.8, 4) is 0 Å². The average molecular weight is 249 g/mol. The highest BCUT2D eigenvalue weighted by atomic mass is 16.3. The van der Waals surface area contributed by atoms with E-state index in [4.69, 9.17) is 5.73 Å². The van der Waals surface area contributed by atoms with E-state index in [2.05, 4.69) is 9.88 Å². The summed E-state index contributed by atoms with van der Waals surface area (Å²) in [6, 6.07) is 4.13. The average Bonchev–Trinajstić information content (AvgIpc) is 2.39. The fourth-order valence-corrected chi connectivity index (χ4v) is 2.46. The molecule has 18 heavy (non-hydrogen) atoms. The topological polar surface area (TPSA) is 62.4 Å². The molecule has 0 bridgehead atoms. The molecule has 0 amide bonds. The molecule has 0 radical (unpaired) electrons. The highest BCUT2D eigenvalue weighted by Crippen LogP contribution is 2.24. The summed E-state index contributed by atoms with van der Waals surface area (Å²) in [6.45, 7) is 5.79. The van der Waals surface area contributed by atoms with Crippen LogP contribution in [0.15, 0.2) is 18.3 Å². The summed E-state index contributed by atoms with van der Waals surface area (Å²) in [6.07, 6.45) is 3.74. The summed E-state index contributed by atoms with van der Waals surface area (Å²) in [4.78, 5) is 6.76. The molecule has 100 valence electrons. The van der Waals surface area contributed by atoms with Gasteiger partial charge in [-0.1, -0.05) is 6.07 Å². The zero-order valence-corrected chi connectivity index (χ0v) is 11.2. The Morgan fingerprint density at radius 3 is 2.44 bits per heavy atom. The smallest absolute Gasteiger partial charge is 0.128 e. The molecule has 4 nitrogen and oxygen atoms in total. The molecule has 2 atom stereocenters. The molecule has 0 aliphatic carbocycles. The van der Waals surface area contributed by atoms with Gasteiger partial charge in [0.1, 0.15) is 5.82 Å². The number of nitrogens with zero attached hydrogens (tertiary/aromatic N) is 2. The molecule has 2 heterocycles. The number of aromatic nitrogens is 1. The SMILES string of the molecule is CC(O)C1CCN(c2ccc([C@@H](C)N)cn2)CC1. The Bertz CT molecular complexity index is 367. The number of hydrogen-bond acceptors (Lipinski definition) is 4. The molecule has 1 aliphatic rings. The van der Waals surface area contributed by atoms with E-state index in [1.165, 1.54) is 0 Å². The number of pyridine rings is 1. The Morgan fingerprint density at radius 2 is 2.00 bits per heavy atom. The minimum absolute atomic E-state index is 0.0347. The van der Waals surface area contributed by atoms with Crippen LogP contribution in [0.25, 0.3) is 0 Å². The quantitative estimate of drug-likeness (QED) is 0.856. The number of aliphatic hydroxyl groups is 1. The molecular formula is C14H23N3O. The van der Waals surface area contributed by atoms with Gasteiger partial charge < -0.3 is 15.7 Å². The van der Waals surface area contributed by atoms with Crippen molar-refractivity contribution in [3.63, 3.8) is 0 Å². The van der Waals surface area contributed by atoms with Crippen LogP contribution in [0.1, 0.15) is 38.3 Å². The second kappa shape index (κ2) is 5.67. The molecule has 0 saturated carbocycles. The third kappa shape index (κ3) is 3.00. The van der Waals surface area contributed by atoms with E-state index in [1.54, 1.807) is 0 Å². The largest absolute Gasteiger partial charge is 0.393 e. The summed E-state index contributed by atoms with van der Waals surface area (Å²) in [7, 11) is 0. The minimum Gasteiger partial charge on any atom is -0.393 e. The van der Waals surface area contributed by atoms with E-state index in [0.717, 1.165) is 37.3 Å². The van der Waals surface area contributed by atoms with Crippen LogP contribution < -0.4 is 10.6 Å². The van der Waals surface area contributed by atoms with Gasteiger partial charge in [0.25, 0.3) is 0 Å². The van der Waals surface area contributed by atoms with E-state index in [9.17, 15) is 5.11 Å².